The van der Waals surface area contributed by atoms with E-state index >= 15 is 0 Å². The summed E-state index contributed by atoms with van der Waals surface area (Å²) in [7, 11) is 0. The van der Waals surface area contributed by atoms with Crippen molar-refractivity contribution in [3.05, 3.63) is 24.3 Å². The average molecular weight is 267 g/mol. The fourth-order valence-electron chi connectivity index (χ4n) is 1.53. The summed E-state index contributed by atoms with van der Waals surface area (Å²) in [5, 5.41) is 12.4. The quantitative estimate of drug-likeness (QED) is 0.778. The number of amides is 1. The van der Waals surface area contributed by atoms with E-state index in [0.717, 1.165) is 5.69 Å². The van der Waals surface area contributed by atoms with Crippen LogP contribution in [-0.2, 0) is 4.79 Å². The van der Waals surface area contributed by atoms with Gasteiger partial charge in [-0.05, 0) is 30.7 Å². The van der Waals surface area contributed by atoms with Crippen LogP contribution in [0.5, 0.6) is 0 Å². The largest absolute Gasteiger partial charge is 0.396 e. The molecule has 1 rings (SSSR count). The van der Waals surface area contributed by atoms with Gasteiger partial charge in [0.2, 0.25) is 5.91 Å². The van der Waals surface area contributed by atoms with Crippen LogP contribution in [0.4, 0.5) is 5.69 Å². The molecule has 1 unspecified atom stereocenters. The van der Waals surface area contributed by atoms with Crippen molar-refractivity contribution in [1.29, 1.82) is 0 Å². The Morgan fingerprint density at radius 2 is 1.94 bits per heavy atom. The Bertz CT molecular complexity index is 372. The summed E-state index contributed by atoms with van der Waals surface area (Å²) in [5.41, 5.74) is 0.778. The van der Waals surface area contributed by atoms with Crippen LogP contribution in [0.3, 0.4) is 0 Å². The first-order valence-corrected chi connectivity index (χ1v) is 7.13. The van der Waals surface area contributed by atoms with E-state index in [9.17, 15) is 4.79 Å². The van der Waals surface area contributed by atoms with Crippen LogP contribution >= 0.6 is 11.8 Å². The number of hydrogen-bond donors (Lipinski definition) is 2. The molecular weight excluding hydrogens is 246 g/mol. The third-order valence-electron chi connectivity index (χ3n) is 2.58. The molecule has 2 N–H and O–H groups in total. The van der Waals surface area contributed by atoms with E-state index in [0.29, 0.717) is 11.7 Å². The minimum Gasteiger partial charge on any atom is -0.396 e. The molecule has 4 heteroatoms. The number of aliphatic hydroxyl groups excluding tert-OH is 1. The Balaban J connectivity index is 2.60. The second-order valence-corrected chi connectivity index (χ2v) is 6.12. The first kappa shape index (κ1) is 15.1. The van der Waals surface area contributed by atoms with Gasteiger partial charge in [0.05, 0.1) is 12.5 Å². The summed E-state index contributed by atoms with van der Waals surface area (Å²) in [4.78, 5) is 13.0. The predicted octanol–water partition coefficient (Wildman–Crippen LogP) is 3.14. The van der Waals surface area contributed by atoms with E-state index in [4.69, 9.17) is 5.11 Å². The van der Waals surface area contributed by atoms with Crippen molar-refractivity contribution in [2.45, 2.75) is 37.3 Å². The van der Waals surface area contributed by atoms with Crippen molar-refractivity contribution in [2.24, 2.45) is 5.92 Å². The molecule has 0 heterocycles. The summed E-state index contributed by atoms with van der Waals surface area (Å²) in [6.07, 6.45) is 0.642. The Morgan fingerprint density at radius 3 is 2.39 bits per heavy atom. The lowest BCUT2D eigenvalue weighted by atomic mass is 10.1. The van der Waals surface area contributed by atoms with Crippen molar-refractivity contribution in [1.82, 2.24) is 0 Å². The maximum atomic E-state index is 11.8. The number of thioether (sulfide) groups is 1. The molecule has 0 fully saturated rings. The van der Waals surface area contributed by atoms with Crippen LogP contribution < -0.4 is 5.32 Å². The van der Waals surface area contributed by atoms with Gasteiger partial charge in [-0.15, -0.1) is 11.8 Å². The molecular formula is C14H21NO2S. The molecule has 0 aliphatic rings. The minimum absolute atomic E-state index is 0.108. The first-order chi connectivity index (χ1) is 8.56. The molecule has 0 aliphatic carbocycles. The predicted molar refractivity (Wildman–Crippen MR) is 76.9 cm³/mol. The number of nitrogens with one attached hydrogen (secondary N) is 1. The SMILES string of the molecule is CCC(CO)C(=O)Nc1ccc(SC(C)C)cc1. The van der Waals surface area contributed by atoms with Gasteiger partial charge in [-0.25, -0.2) is 0 Å². The number of carbonyl (C=O) groups is 1. The van der Waals surface area contributed by atoms with Gasteiger partial charge in [-0.2, -0.15) is 0 Å². The molecule has 1 aromatic carbocycles. The van der Waals surface area contributed by atoms with Crippen molar-refractivity contribution in [3.8, 4) is 0 Å². The smallest absolute Gasteiger partial charge is 0.229 e. The van der Waals surface area contributed by atoms with Crippen LogP contribution in [0.2, 0.25) is 0 Å². The first-order valence-electron chi connectivity index (χ1n) is 6.25. The molecule has 18 heavy (non-hydrogen) atoms. The van der Waals surface area contributed by atoms with Gasteiger partial charge < -0.3 is 10.4 Å². The highest BCUT2D eigenvalue weighted by Crippen LogP contribution is 2.24. The van der Waals surface area contributed by atoms with Crippen LogP contribution in [0.1, 0.15) is 27.2 Å². The molecule has 0 aromatic heterocycles. The average Bonchev–Trinajstić information content (AvgIpc) is 2.32. The van der Waals surface area contributed by atoms with E-state index in [1.54, 1.807) is 11.8 Å². The van der Waals surface area contributed by atoms with E-state index in [1.165, 1.54) is 4.90 Å². The second kappa shape index (κ2) is 7.44. The lowest BCUT2D eigenvalue weighted by Crippen LogP contribution is -2.24. The third kappa shape index (κ3) is 4.70. The van der Waals surface area contributed by atoms with Gasteiger partial charge >= 0.3 is 0 Å². The third-order valence-corrected chi connectivity index (χ3v) is 3.59. The van der Waals surface area contributed by atoms with E-state index in [-0.39, 0.29) is 18.4 Å². The van der Waals surface area contributed by atoms with Crippen LogP contribution in [-0.4, -0.2) is 22.9 Å². The number of benzene rings is 1. The van der Waals surface area contributed by atoms with Gasteiger partial charge in [0, 0.05) is 15.8 Å². The van der Waals surface area contributed by atoms with E-state index < -0.39 is 0 Å². The molecule has 1 aromatic rings. The lowest BCUT2D eigenvalue weighted by molar-refractivity contribution is -0.121. The number of rotatable bonds is 6. The maximum absolute atomic E-state index is 11.8. The van der Waals surface area contributed by atoms with Gasteiger partial charge in [0.25, 0.3) is 0 Å². The minimum atomic E-state index is -0.324. The monoisotopic (exact) mass is 267 g/mol. The molecule has 3 nitrogen and oxygen atoms in total. The maximum Gasteiger partial charge on any atom is 0.229 e. The van der Waals surface area contributed by atoms with Crippen molar-refractivity contribution in [2.75, 3.05) is 11.9 Å². The molecule has 0 saturated heterocycles. The zero-order valence-corrected chi connectivity index (χ0v) is 12.0. The highest BCUT2D eigenvalue weighted by Gasteiger charge is 2.14. The van der Waals surface area contributed by atoms with Crippen LogP contribution in [0.25, 0.3) is 0 Å². The standard InChI is InChI=1S/C14H21NO2S/c1-4-11(9-16)14(17)15-12-5-7-13(8-6-12)18-10(2)3/h5-8,10-11,16H,4,9H2,1-3H3,(H,15,17). The van der Waals surface area contributed by atoms with Gasteiger partial charge in [-0.3, -0.25) is 4.79 Å². The zero-order valence-electron chi connectivity index (χ0n) is 11.1. The topological polar surface area (TPSA) is 49.3 Å². The Morgan fingerprint density at radius 1 is 1.33 bits per heavy atom. The van der Waals surface area contributed by atoms with Gasteiger partial charge in [0.15, 0.2) is 0 Å². The van der Waals surface area contributed by atoms with Crippen molar-refractivity contribution < 1.29 is 9.90 Å². The van der Waals surface area contributed by atoms with Crippen LogP contribution in [0, 0.1) is 5.92 Å². The summed E-state index contributed by atoms with van der Waals surface area (Å²) in [6.45, 7) is 6.08. The Kier molecular flexibility index (Phi) is 6.22. The highest BCUT2D eigenvalue weighted by molar-refractivity contribution is 7.99. The van der Waals surface area contributed by atoms with Crippen molar-refractivity contribution in [3.63, 3.8) is 0 Å². The van der Waals surface area contributed by atoms with E-state index in [1.807, 2.05) is 31.2 Å². The fraction of sp³-hybridized carbons (Fsp3) is 0.500. The number of anilines is 1. The summed E-state index contributed by atoms with van der Waals surface area (Å²) in [6, 6.07) is 7.79. The normalized spacial score (nSPS) is 12.5. The summed E-state index contributed by atoms with van der Waals surface area (Å²) >= 11 is 1.79. The molecule has 100 valence electrons. The number of carbonyl (C=O) groups excluding carboxylic acids is 1. The molecule has 0 spiro atoms. The Labute approximate surface area is 113 Å². The Hall–Kier alpha value is -1.00. The fourth-order valence-corrected chi connectivity index (χ4v) is 2.37. The molecule has 0 aliphatic heterocycles. The number of hydrogen-bond acceptors (Lipinski definition) is 3. The molecule has 0 saturated carbocycles. The highest BCUT2D eigenvalue weighted by atomic mass is 32.2. The molecule has 0 bridgehead atoms. The number of aliphatic hydroxyl groups is 1. The van der Waals surface area contributed by atoms with Gasteiger partial charge in [0.1, 0.15) is 0 Å². The molecule has 0 radical (unpaired) electrons. The van der Waals surface area contributed by atoms with Crippen molar-refractivity contribution >= 4 is 23.4 Å². The summed E-state index contributed by atoms with van der Waals surface area (Å²) < 4.78 is 0. The van der Waals surface area contributed by atoms with Gasteiger partial charge in [-0.1, -0.05) is 20.8 Å². The van der Waals surface area contributed by atoms with E-state index in [2.05, 4.69) is 19.2 Å². The molecule has 1 atom stereocenters. The summed E-state index contributed by atoms with van der Waals surface area (Å²) in [5.74, 6) is -0.445. The zero-order chi connectivity index (χ0) is 13.5. The van der Waals surface area contributed by atoms with Crippen LogP contribution in [0.15, 0.2) is 29.2 Å². The molecule has 1 amide bonds. The second-order valence-electron chi connectivity index (χ2n) is 4.47. The lowest BCUT2D eigenvalue weighted by Gasteiger charge is -2.12.